The Morgan fingerprint density at radius 3 is 2.73 bits per heavy atom. The van der Waals surface area contributed by atoms with E-state index in [1.165, 1.54) is 0 Å². The van der Waals surface area contributed by atoms with Crippen LogP contribution in [-0.2, 0) is 11.3 Å². The number of hydrogen-bond acceptors (Lipinski definition) is 3. The molecule has 0 aliphatic heterocycles. The van der Waals surface area contributed by atoms with Crippen molar-refractivity contribution in [3.8, 4) is 6.07 Å². The Morgan fingerprint density at radius 2 is 2.13 bits per heavy atom. The second kappa shape index (κ2) is 5.66. The number of aryl methyl sites for hydroxylation is 1. The predicted molar refractivity (Wildman–Crippen MR) is 55.0 cm³/mol. The summed E-state index contributed by atoms with van der Waals surface area (Å²) in [6.07, 6.45) is -0.572. The number of hydrogen-bond donors (Lipinski definition) is 1. The molecule has 0 saturated heterocycles. The summed E-state index contributed by atoms with van der Waals surface area (Å²) in [6.45, 7) is 2.18. The van der Waals surface area contributed by atoms with Gasteiger partial charge in [-0.1, -0.05) is 29.8 Å². The molecule has 1 rings (SSSR count). The van der Waals surface area contributed by atoms with E-state index in [4.69, 9.17) is 10.00 Å². The molecule has 0 bridgehead atoms. The van der Waals surface area contributed by atoms with Crippen LogP contribution in [0.2, 0.25) is 0 Å². The van der Waals surface area contributed by atoms with Crippen LogP contribution in [0.4, 0.5) is 4.79 Å². The van der Waals surface area contributed by atoms with Crippen molar-refractivity contribution in [1.29, 1.82) is 5.26 Å². The second-order valence-corrected chi connectivity index (χ2v) is 3.07. The fraction of sp³-hybridized carbons (Fsp3) is 0.273. The molecule has 0 aliphatic rings. The van der Waals surface area contributed by atoms with E-state index in [-0.39, 0.29) is 13.2 Å². The van der Waals surface area contributed by atoms with Crippen LogP contribution in [-0.4, -0.2) is 12.6 Å². The maximum Gasteiger partial charge on any atom is 0.408 e. The second-order valence-electron chi connectivity index (χ2n) is 3.07. The van der Waals surface area contributed by atoms with Crippen LogP contribution in [0.25, 0.3) is 0 Å². The fourth-order valence-electron chi connectivity index (χ4n) is 0.996. The first kappa shape index (κ1) is 11.1. The van der Waals surface area contributed by atoms with E-state index in [2.05, 4.69) is 5.32 Å². The maximum absolute atomic E-state index is 11.0. The normalized spacial score (nSPS) is 9.07. The van der Waals surface area contributed by atoms with Gasteiger partial charge in [-0.25, -0.2) is 4.79 Å². The topological polar surface area (TPSA) is 62.1 Å². The molecule has 78 valence electrons. The van der Waals surface area contributed by atoms with Gasteiger partial charge in [0.1, 0.15) is 13.2 Å². The first-order valence-corrected chi connectivity index (χ1v) is 4.55. The third kappa shape index (κ3) is 4.14. The molecular formula is C11H12N2O2. The number of alkyl carbamates (subject to hydrolysis) is 1. The molecule has 0 unspecified atom stereocenters. The Balaban J connectivity index is 2.34. The SMILES string of the molecule is Cc1ccc(COC(=O)NCC#N)cc1. The number of carbonyl (C=O) groups is 1. The van der Waals surface area contributed by atoms with Gasteiger partial charge in [-0.2, -0.15) is 5.26 Å². The van der Waals surface area contributed by atoms with Gasteiger partial charge < -0.3 is 10.1 Å². The molecule has 0 aromatic heterocycles. The Kier molecular flexibility index (Phi) is 4.17. The average Bonchev–Trinajstić information content (AvgIpc) is 2.25. The quantitative estimate of drug-likeness (QED) is 0.763. The van der Waals surface area contributed by atoms with Crippen molar-refractivity contribution in [1.82, 2.24) is 5.32 Å². The number of carbonyl (C=O) groups excluding carboxylic acids is 1. The molecule has 4 heteroatoms. The third-order valence-corrected chi connectivity index (χ3v) is 1.80. The molecular weight excluding hydrogens is 192 g/mol. The molecule has 0 atom stereocenters. The lowest BCUT2D eigenvalue weighted by Gasteiger charge is -2.04. The van der Waals surface area contributed by atoms with Gasteiger partial charge in [0.15, 0.2) is 0 Å². The molecule has 0 spiro atoms. The van der Waals surface area contributed by atoms with E-state index in [0.29, 0.717) is 0 Å². The van der Waals surface area contributed by atoms with E-state index in [9.17, 15) is 4.79 Å². The lowest BCUT2D eigenvalue weighted by Crippen LogP contribution is -2.24. The van der Waals surface area contributed by atoms with Crippen LogP contribution in [0.1, 0.15) is 11.1 Å². The van der Waals surface area contributed by atoms with Gasteiger partial charge in [0.05, 0.1) is 6.07 Å². The molecule has 0 saturated carbocycles. The summed E-state index contributed by atoms with van der Waals surface area (Å²) in [5.74, 6) is 0. The van der Waals surface area contributed by atoms with Gasteiger partial charge in [-0.15, -0.1) is 0 Å². The van der Waals surface area contributed by atoms with E-state index < -0.39 is 6.09 Å². The minimum Gasteiger partial charge on any atom is -0.445 e. The van der Waals surface area contributed by atoms with Gasteiger partial charge in [-0.3, -0.25) is 0 Å². The zero-order chi connectivity index (χ0) is 11.1. The summed E-state index contributed by atoms with van der Waals surface area (Å²) in [6, 6.07) is 9.48. The fourth-order valence-corrected chi connectivity index (χ4v) is 0.996. The van der Waals surface area contributed by atoms with Crippen molar-refractivity contribution in [2.75, 3.05) is 6.54 Å². The van der Waals surface area contributed by atoms with E-state index >= 15 is 0 Å². The van der Waals surface area contributed by atoms with Crippen molar-refractivity contribution >= 4 is 6.09 Å². The van der Waals surface area contributed by atoms with Crippen LogP contribution >= 0.6 is 0 Å². The number of rotatable bonds is 3. The zero-order valence-electron chi connectivity index (χ0n) is 8.49. The Labute approximate surface area is 88.5 Å². The highest BCUT2D eigenvalue weighted by molar-refractivity contribution is 5.67. The molecule has 0 heterocycles. The number of nitrogens with one attached hydrogen (secondary N) is 1. The monoisotopic (exact) mass is 204 g/mol. The summed E-state index contributed by atoms with van der Waals surface area (Å²) >= 11 is 0. The number of amides is 1. The molecule has 1 amide bonds. The molecule has 0 fully saturated rings. The van der Waals surface area contributed by atoms with Crippen LogP contribution < -0.4 is 5.32 Å². The van der Waals surface area contributed by atoms with Crippen LogP contribution in [0, 0.1) is 18.3 Å². The van der Waals surface area contributed by atoms with E-state index in [1.54, 1.807) is 6.07 Å². The summed E-state index contributed by atoms with van der Waals surface area (Å²) in [5, 5.41) is 10.5. The van der Waals surface area contributed by atoms with Crippen LogP contribution in [0.5, 0.6) is 0 Å². The number of ether oxygens (including phenoxy) is 1. The molecule has 0 aliphatic carbocycles. The highest BCUT2D eigenvalue weighted by Gasteiger charge is 2.00. The summed E-state index contributed by atoms with van der Waals surface area (Å²) in [7, 11) is 0. The largest absolute Gasteiger partial charge is 0.445 e. The van der Waals surface area contributed by atoms with Crippen molar-refractivity contribution < 1.29 is 9.53 Å². The summed E-state index contributed by atoms with van der Waals surface area (Å²) < 4.78 is 4.87. The molecule has 4 nitrogen and oxygen atoms in total. The minimum absolute atomic E-state index is 0.0350. The van der Waals surface area contributed by atoms with Crippen molar-refractivity contribution in [3.63, 3.8) is 0 Å². The molecule has 1 aromatic carbocycles. The van der Waals surface area contributed by atoms with Crippen molar-refractivity contribution in [2.45, 2.75) is 13.5 Å². The first-order valence-electron chi connectivity index (χ1n) is 4.55. The summed E-state index contributed by atoms with van der Waals surface area (Å²) in [4.78, 5) is 11.0. The van der Waals surface area contributed by atoms with Crippen LogP contribution in [0.15, 0.2) is 24.3 Å². The number of benzene rings is 1. The van der Waals surface area contributed by atoms with Gasteiger partial charge in [0, 0.05) is 0 Å². The Hall–Kier alpha value is -2.02. The number of nitriles is 1. The van der Waals surface area contributed by atoms with Crippen LogP contribution in [0.3, 0.4) is 0 Å². The van der Waals surface area contributed by atoms with Crippen molar-refractivity contribution in [3.05, 3.63) is 35.4 Å². The van der Waals surface area contributed by atoms with E-state index in [1.807, 2.05) is 31.2 Å². The Morgan fingerprint density at radius 1 is 1.47 bits per heavy atom. The van der Waals surface area contributed by atoms with Gasteiger partial charge in [-0.05, 0) is 12.5 Å². The lowest BCUT2D eigenvalue weighted by atomic mass is 10.2. The van der Waals surface area contributed by atoms with E-state index in [0.717, 1.165) is 11.1 Å². The minimum atomic E-state index is -0.572. The molecule has 0 radical (unpaired) electrons. The highest BCUT2D eigenvalue weighted by atomic mass is 16.5. The standard InChI is InChI=1S/C11H12N2O2/c1-9-2-4-10(5-3-9)8-15-11(14)13-7-6-12/h2-5H,7-8H2,1H3,(H,13,14). The molecule has 1 aromatic rings. The first-order chi connectivity index (χ1) is 7.22. The van der Waals surface area contributed by atoms with Gasteiger partial charge >= 0.3 is 6.09 Å². The van der Waals surface area contributed by atoms with Gasteiger partial charge in [0.25, 0.3) is 0 Å². The lowest BCUT2D eigenvalue weighted by molar-refractivity contribution is 0.141. The predicted octanol–water partition coefficient (Wildman–Crippen LogP) is 1.74. The van der Waals surface area contributed by atoms with Crippen molar-refractivity contribution in [2.24, 2.45) is 0 Å². The smallest absolute Gasteiger partial charge is 0.408 e. The maximum atomic E-state index is 11.0. The van der Waals surface area contributed by atoms with Gasteiger partial charge in [0.2, 0.25) is 0 Å². The summed E-state index contributed by atoms with van der Waals surface area (Å²) in [5.41, 5.74) is 2.08. The Bertz CT molecular complexity index is 365. The zero-order valence-corrected chi connectivity index (χ0v) is 8.49. The number of nitrogens with zero attached hydrogens (tertiary/aromatic N) is 1. The third-order valence-electron chi connectivity index (χ3n) is 1.80. The molecule has 1 N–H and O–H groups in total. The highest BCUT2D eigenvalue weighted by Crippen LogP contribution is 2.04. The average molecular weight is 204 g/mol. The molecule has 15 heavy (non-hydrogen) atoms.